The first-order valence-electron chi connectivity index (χ1n) is 8.50. The molecule has 1 aromatic rings. The van der Waals surface area contributed by atoms with E-state index in [0.717, 1.165) is 25.4 Å². The Bertz CT molecular complexity index is 414. The molecule has 0 spiro atoms. The summed E-state index contributed by atoms with van der Waals surface area (Å²) in [6.45, 7) is 6.38. The van der Waals surface area contributed by atoms with Crippen molar-refractivity contribution in [1.29, 1.82) is 0 Å². The maximum absolute atomic E-state index is 10.3. The van der Waals surface area contributed by atoms with Crippen LogP contribution in [0.5, 0.6) is 0 Å². The lowest BCUT2D eigenvalue weighted by molar-refractivity contribution is 0.0288. The Morgan fingerprint density at radius 2 is 1.90 bits per heavy atom. The van der Waals surface area contributed by atoms with Gasteiger partial charge in [-0.15, -0.1) is 0 Å². The van der Waals surface area contributed by atoms with E-state index >= 15 is 0 Å². The molecule has 1 aliphatic rings. The molecule has 0 saturated heterocycles. The number of hydrogen-bond donors (Lipinski definition) is 1. The van der Waals surface area contributed by atoms with E-state index in [1.807, 2.05) is 0 Å². The van der Waals surface area contributed by atoms with Gasteiger partial charge in [0, 0.05) is 13.1 Å². The maximum atomic E-state index is 10.3. The Hall–Kier alpha value is -0.860. The van der Waals surface area contributed by atoms with Crippen LogP contribution in [0.2, 0.25) is 0 Å². The van der Waals surface area contributed by atoms with Crippen LogP contribution >= 0.6 is 0 Å². The van der Waals surface area contributed by atoms with Gasteiger partial charge in [-0.1, -0.05) is 49.6 Å². The molecule has 0 radical (unpaired) electrons. The summed E-state index contributed by atoms with van der Waals surface area (Å²) in [6.07, 6.45) is 5.91. The summed E-state index contributed by atoms with van der Waals surface area (Å²) in [7, 11) is 2.18. The Labute approximate surface area is 130 Å². The van der Waals surface area contributed by atoms with Crippen LogP contribution in [0.15, 0.2) is 24.3 Å². The molecule has 2 heteroatoms. The zero-order valence-corrected chi connectivity index (χ0v) is 13.9. The second-order valence-corrected chi connectivity index (χ2v) is 6.98. The average Bonchev–Trinajstić information content (AvgIpc) is 2.45. The van der Waals surface area contributed by atoms with Gasteiger partial charge in [-0.2, -0.15) is 0 Å². The van der Waals surface area contributed by atoms with Gasteiger partial charge in [0.25, 0.3) is 0 Å². The van der Waals surface area contributed by atoms with Crippen LogP contribution in [0.1, 0.15) is 50.2 Å². The van der Waals surface area contributed by atoms with Gasteiger partial charge in [0.1, 0.15) is 0 Å². The van der Waals surface area contributed by atoms with Crippen molar-refractivity contribution in [3.63, 3.8) is 0 Å². The first-order chi connectivity index (χ1) is 10.1. The van der Waals surface area contributed by atoms with Crippen LogP contribution in [0, 0.1) is 18.8 Å². The van der Waals surface area contributed by atoms with Crippen molar-refractivity contribution >= 4 is 0 Å². The normalized spacial score (nSPS) is 26.2. The topological polar surface area (TPSA) is 23.5 Å². The lowest BCUT2D eigenvalue weighted by Gasteiger charge is -2.35. The van der Waals surface area contributed by atoms with Gasteiger partial charge in [-0.3, -0.25) is 0 Å². The van der Waals surface area contributed by atoms with E-state index in [0.29, 0.717) is 5.92 Å². The number of aliphatic hydroxyl groups excluding tert-OH is 1. The minimum atomic E-state index is -0.0985. The van der Waals surface area contributed by atoms with Gasteiger partial charge in [-0.05, 0) is 50.6 Å². The summed E-state index contributed by atoms with van der Waals surface area (Å²) in [5.41, 5.74) is 2.67. The molecular weight excluding hydrogens is 258 g/mol. The smallest absolute Gasteiger partial charge is 0.0580 e. The number of rotatable bonds is 6. The number of benzene rings is 1. The molecule has 3 unspecified atom stereocenters. The SMILES string of the molecule is CCCC1CCC(O)C(CN(C)Cc2ccc(C)cc2)C1. The molecule has 2 nitrogen and oxygen atoms in total. The summed E-state index contributed by atoms with van der Waals surface area (Å²) in [5.74, 6) is 1.28. The molecule has 3 atom stereocenters. The number of aliphatic hydroxyl groups is 1. The molecular formula is C19H31NO. The lowest BCUT2D eigenvalue weighted by Crippen LogP contribution is -2.37. The van der Waals surface area contributed by atoms with E-state index in [1.54, 1.807) is 0 Å². The van der Waals surface area contributed by atoms with Gasteiger partial charge >= 0.3 is 0 Å². The van der Waals surface area contributed by atoms with E-state index < -0.39 is 0 Å². The monoisotopic (exact) mass is 289 g/mol. The van der Waals surface area contributed by atoms with Gasteiger partial charge in [0.15, 0.2) is 0 Å². The standard InChI is InChI=1S/C19H31NO/c1-4-5-16-10-11-19(21)18(12-16)14-20(3)13-17-8-6-15(2)7-9-17/h6-9,16,18-19,21H,4-5,10-14H2,1-3H3. The third kappa shape index (κ3) is 5.12. The summed E-state index contributed by atoms with van der Waals surface area (Å²) in [6, 6.07) is 8.78. The first kappa shape index (κ1) is 16.5. The van der Waals surface area contributed by atoms with Gasteiger partial charge in [-0.25, -0.2) is 0 Å². The van der Waals surface area contributed by atoms with E-state index in [4.69, 9.17) is 0 Å². The number of aryl methyl sites for hydroxylation is 1. The van der Waals surface area contributed by atoms with E-state index in [2.05, 4.69) is 50.1 Å². The fourth-order valence-electron chi connectivity index (χ4n) is 3.68. The molecule has 1 N–H and O–H groups in total. The molecule has 1 aromatic carbocycles. The molecule has 0 bridgehead atoms. The van der Waals surface area contributed by atoms with Crippen molar-refractivity contribution in [2.45, 2.75) is 58.6 Å². The zero-order valence-electron chi connectivity index (χ0n) is 13.9. The largest absolute Gasteiger partial charge is 0.393 e. The van der Waals surface area contributed by atoms with Crippen LogP contribution in [-0.4, -0.2) is 29.7 Å². The zero-order chi connectivity index (χ0) is 15.2. The van der Waals surface area contributed by atoms with Gasteiger partial charge in [0.2, 0.25) is 0 Å². The molecule has 0 heterocycles. The molecule has 1 aliphatic carbocycles. The van der Waals surface area contributed by atoms with Crippen LogP contribution in [-0.2, 0) is 6.54 Å². The highest BCUT2D eigenvalue weighted by atomic mass is 16.3. The second kappa shape index (κ2) is 7.95. The van der Waals surface area contributed by atoms with Crippen molar-refractivity contribution in [2.24, 2.45) is 11.8 Å². The first-order valence-corrected chi connectivity index (χ1v) is 8.50. The van der Waals surface area contributed by atoms with E-state index in [-0.39, 0.29) is 6.10 Å². The molecule has 21 heavy (non-hydrogen) atoms. The van der Waals surface area contributed by atoms with Crippen molar-refractivity contribution in [2.75, 3.05) is 13.6 Å². The van der Waals surface area contributed by atoms with Crippen molar-refractivity contribution in [3.8, 4) is 0 Å². The fraction of sp³-hybridized carbons (Fsp3) is 0.684. The van der Waals surface area contributed by atoms with Gasteiger partial charge < -0.3 is 10.0 Å². The Kier molecular flexibility index (Phi) is 6.25. The Morgan fingerprint density at radius 1 is 1.19 bits per heavy atom. The summed E-state index contributed by atoms with van der Waals surface area (Å²) in [5, 5.41) is 10.3. The summed E-state index contributed by atoms with van der Waals surface area (Å²) >= 11 is 0. The van der Waals surface area contributed by atoms with Crippen LogP contribution in [0.4, 0.5) is 0 Å². The second-order valence-electron chi connectivity index (χ2n) is 6.98. The molecule has 0 aromatic heterocycles. The van der Waals surface area contributed by atoms with Crippen molar-refractivity contribution in [1.82, 2.24) is 4.90 Å². The van der Waals surface area contributed by atoms with Crippen LogP contribution in [0.25, 0.3) is 0 Å². The highest BCUT2D eigenvalue weighted by Gasteiger charge is 2.29. The van der Waals surface area contributed by atoms with E-state index in [9.17, 15) is 5.11 Å². The minimum Gasteiger partial charge on any atom is -0.393 e. The Morgan fingerprint density at radius 3 is 2.57 bits per heavy atom. The predicted molar refractivity (Wildman–Crippen MR) is 89.3 cm³/mol. The van der Waals surface area contributed by atoms with Crippen molar-refractivity contribution in [3.05, 3.63) is 35.4 Å². The quantitative estimate of drug-likeness (QED) is 0.855. The molecule has 0 aliphatic heterocycles. The van der Waals surface area contributed by atoms with Gasteiger partial charge in [0.05, 0.1) is 6.10 Å². The third-order valence-corrected chi connectivity index (χ3v) is 4.87. The Balaban J connectivity index is 1.85. The minimum absolute atomic E-state index is 0.0985. The third-order valence-electron chi connectivity index (χ3n) is 4.87. The molecule has 1 saturated carbocycles. The van der Waals surface area contributed by atoms with Crippen LogP contribution in [0.3, 0.4) is 0 Å². The predicted octanol–water partition coefficient (Wildman–Crippen LogP) is 4.00. The molecule has 118 valence electrons. The van der Waals surface area contributed by atoms with E-state index in [1.165, 1.54) is 36.8 Å². The lowest BCUT2D eigenvalue weighted by atomic mass is 9.77. The number of hydrogen-bond acceptors (Lipinski definition) is 2. The highest BCUT2D eigenvalue weighted by molar-refractivity contribution is 5.21. The molecule has 0 amide bonds. The van der Waals surface area contributed by atoms with Crippen molar-refractivity contribution < 1.29 is 5.11 Å². The summed E-state index contributed by atoms with van der Waals surface area (Å²) in [4.78, 5) is 2.37. The fourth-order valence-corrected chi connectivity index (χ4v) is 3.68. The maximum Gasteiger partial charge on any atom is 0.0580 e. The summed E-state index contributed by atoms with van der Waals surface area (Å²) < 4.78 is 0. The molecule has 1 fully saturated rings. The average molecular weight is 289 g/mol. The van der Waals surface area contributed by atoms with Crippen LogP contribution < -0.4 is 0 Å². The highest BCUT2D eigenvalue weighted by Crippen LogP contribution is 2.32. The number of nitrogens with zero attached hydrogens (tertiary/aromatic N) is 1. The molecule has 2 rings (SSSR count).